The van der Waals surface area contributed by atoms with Crippen LogP contribution in [-0.4, -0.2) is 12.1 Å². The van der Waals surface area contributed by atoms with Crippen LogP contribution in [-0.2, 0) is 9.53 Å². The Morgan fingerprint density at radius 1 is 0.765 bits per heavy atom. The molecule has 0 amide bonds. The van der Waals surface area contributed by atoms with Gasteiger partial charge in [0, 0.05) is 12.3 Å². The van der Waals surface area contributed by atoms with Gasteiger partial charge >= 0.3 is 5.97 Å². The van der Waals surface area contributed by atoms with E-state index in [0.717, 1.165) is 12.3 Å². The van der Waals surface area contributed by atoms with Crippen molar-refractivity contribution in [3.8, 4) is 0 Å². The molecule has 0 unspecified atom stereocenters. The molecule has 7 atom stereocenters. The molecule has 0 aromatic rings. The predicted molar refractivity (Wildman–Crippen MR) is 140 cm³/mol. The zero-order chi connectivity index (χ0) is 24.9. The summed E-state index contributed by atoms with van der Waals surface area (Å²) in [5, 5.41) is 0. The first-order valence-corrected chi connectivity index (χ1v) is 14.5. The Labute approximate surface area is 210 Å². The lowest BCUT2D eigenvalue weighted by Gasteiger charge is -2.71. The van der Waals surface area contributed by atoms with Gasteiger partial charge in [-0.25, -0.2) is 0 Å². The first kappa shape index (κ1) is 24.9. The average Bonchev–Trinajstić information content (AvgIpc) is 2.72. The van der Waals surface area contributed by atoms with Crippen LogP contribution in [0.3, 0.4) is 0 Å². The van der Waals surface area contributed by atoms with Gasteiger partial charge in [-0.15, -0.1) is 0 Å². The first-order valence-electron chi connectivity index (χ1n) is 14.5. The predicted octanol–water partition coefficient (Wildman–Crippen LogP) is 8.88. The van der Waals surface area contributed by atoms with Crippen LogP contribution in [0, 0.1) is 44.3 Å². The summed E-state index contributed by atoms with van der Waals surface area (Å²) in [6.45, 7) is 22.1. The van der Waals surface area contributed by atoms with Crippen molar-refractivity contribution in [2.45, 2.75) is 139 Å². The fraction of sp³-hybridized carbons (Fsp3) is 0.906. The smallest absolute Gasteiger partial charge is 0.302 e. The molecule has 2 heteroatoms. The minimum absolute atomic E-state index is 0.0537. The van der Waals surface area contributed by atoms with Gasteiger partial charge in [-0.1, -0.05) is 66.5 Å². The molecule has 5 aliphatic rings. The van der Waals surface area contributed by atoms with Gasteiger partial charge in [0.1, 0.15) is 6.10 Å². The van der Waals surface area contributed by atoms with Gasteiger partial charge in [0.15, 0.2) is 0 Å². The van der Waals surface area contributed by atoms with E-state index in [1.807, 2.05) is 11.1 Å². The van der Waals surface area contributed by atoms with Crippen LogP contribution >= 0.6 is 0 Å². The molecule has 4 saturated carbocycles. The number of hydrogen-bond donors (Lipinski definition) is 0. The SMILES string of the molecule is CC(=O)O[C@H]1CC[C@]2(C)[C@H]3CCC4=C5CC(C)(C)CC[C@]5(C)CC[C@@]4(C)[C@]3(C)CC[C@H]2C1(C)C. The Morgan fingerprint density at radius 2 is 1.44 bits per heavy atom. The molecule has 0 heterocycles. The van der Waals surface area contributed by atoms with E-state index in [2.05, 4.69) is 55.4 Å². The second-order valence-electron chi connectivity index (χ2n) is 15.8. The van der Waals surface area contributed by atoms with Gasteiger partial charge in [0.25, 0.3) is 0 Å². The van der Waals surface area contributed by atoms with Crippen LogP contribution in [0.15, 0.2) is 11.1 Å². The van der Waals surface area contributed by atoms with E-state index in [4.69, 9.17) is 4.74 Å². The number of carbonyl (C=O) groups is 1. The third-order valence-corrected chi connectivity index (χ3v) is 13.2. The molecule has 4 fully saturated rings. The summed E-state index contributed by atoms with van der Waals surface area (Å²) in [6.07, 6.45) is 14.5. The van der Waals surface area contributed by atoms with Crippen molar-refractivity contribution in [1.82, 2.24) is 0 Å². The highest BCUT2D eigenvalue weighted by molar-refractivity contribution is 5.66. The van der Waals surface area contributed by atoms with Gasteiger partial charge in [-0.3, -0.25) is 4.79 Å². The fourth-order valence-electron chi connectivity index (χ4n) is 10.9. The molecule has 0 aliphatic heterocycles. The Morgan fingerprint density at radius 3 is 2.12 bits per heavy atom. The number of carbonyl (C=O) groups excluding carboxylic acids is 1. The lowest BCUT2D eigenvalue weighted by atomic mass is 9.34. The van der Waals surface area contributed by atoms with Crippen LogP contribution in [0.5, 0.6) is 0 Å². The zero-order valence-electron chi connectivity index (χ0n) is 23.8. The summed E-state index contributed by atoms with van der Waals surface area (Å²) in [7, 11) is 0. The molecule has 0 aromatic heterocycles. The monoisotopic (exact) mass is 468 g/mol. The van der Waals surface area contributed by atoms with E-state index in [1.54, 1.807) is 6.92 Å². The molecule has 5 aliphatic carbocycles. The number of esters is 1. The third-order valence-electron chi connectivity index (χ3n) is 13.2. The summed E-state index contributed by atoms with van der Waals surface area (Å²) in [5.41, 5.74) is 5.84. The Kier molecular flexibility index (Phi) is 5.40. The number of rotatable bonds is 1. The van der Waals surface area contributed by atoms with Gasteiger partial charge in [0.2, 0.25) is 0 Å². The van der Waals surface area contributed by atoms with Crippen LogP contribution in [0.25, 0.3) is 0 Å². The van der Waals surface area contributed by atoms with Crippen LogP contribution in [0.2, 0.25) is 0 Å². The molecule has 0 bridgehead atoms. The molecule has 2 nitrogen and oxygen atoms in total. The quantitative estimate of drug-likeness (QED) is 0.284. The lowest BCUT2D eigenvalue weighted by Crippen LogP contribution is -2.64. The summed E-state index contributed by atoms with van der Waals surface area (Å²) in [4.78, 5) is 11.9. The lowest BCUT2D eigenvalue weighted by molar-refractivity contribution is -0.213. The highest BCUT2D eigenvalue weighted by Crippen LogP contribution is 2.75. The van der Waals surface area contributed by atoms with E-state index >= 15 is 0 Å². The van der Waals surface area contributed by atoms with E-state index in [0.29, 0.717) is 33.0 Å². The minimum atomic E-state index is -0.107. The normalized spacial score (nSPS) is 49.3. The molecule has 0 saturated heterocycles. The maximum atomic E-state index is 11.9. The van der Waals surface area contributed by atoms with E-state index in [1.165, 1.54) is 64.2 Å². The molecule has 0 spiro atoms. The molecule has 5 rings (SSSR count). The first-order chi connectivity index (χ1) is 15.6. The van der Waals surface area contributed by atoms with Gasteiger partial charge in [-0.05, 0) is 110 Å². The van der Waals surface area contributed by atoms with Crippen molar-refractivity contribution >= 4 is 5.97 Å². The summed E-state index contributed by atoms with van der Waals surface area (Å²) in [6, 6.07) is 0. The van der Waals surface area contributed by atoms with Crippen molar-refractivity contribution in [3.05, 3.63) is 11.1 Å². The molecular weight excluding hydrogens is 416 g/mol. The number of allylic oxidation sites excluding steroid dienone is 2. The van der Waals surface area contributed by atoms with Crippen LogP contribution < -0.4 is 0 Å². The van der Waals surface area contributed by atoms with Crippen molar-refractivity contribution in [3.63, 3.8) is 0 Å². The van der Waals surface area contributed by atoms with E-state index in [-0.39, 0.29) is 17.5 Å². The van der Waals surface area contributed by atoms with Crippen molar-refractivity contribution < 1.29 is 9.53 Å². The molecular formula is C32H52O2. The summed E-state index contributed by atoms with van der Waals surface area (Å²) < 4.78 is 5.91. The van der Waals surface area contributed by atoms with Gasteiger partial charge in [0.05, 0.1) is 0 Å². The highest BCUT2D eigenvalue weighted by atomic mass is 16.5. The standard InChI is InChI=1S/C32H52O2/c1-21(33)34-26-13-14-30(7)24(28(26,4)5)12-15-32(9)25(30)11-10-22-23-20-27(2,3)16-17-29(23,6)18-19-31(22,32)8/h24-26H,10-20H2,1-9H3/t24-,25+,26-,29+,30-,31+,32+/m0/s1. The van der Waals surface area contributed by atoms with Crippen molar-refractivity contribution in [2.75, 3.05) is 0 Å². The number of hydrogen-bond acceptors (Lipinski definition) is 2. The molecule has 0 N–H and O–H groups in total. The highest BCUT2D eigenvalue weighted by Gasteiger charge is 2.67. The van der Waals surface area contributed by atoms with Crippen molar-refractivity contribution in [1.29, 1.82) is 0 Å². The topological polar surface area (TPSA) is 26.3 Å². The summed E-state index contributed by atoms with van der Waals surface area (Å²) >= 11 is 0. The maximum absolute atomic E-state index is 11.9. The molecule has 0 radical (unpaired) electrons. The zero-order valence-corrected chi connectivity index (χ0v) is 23.8. The van der Waals surface area contributed by atoms with E-state index in [9.17, 15) is 4.79 Å². The third kappa shape index (κ3) is 3.21. The Hall–Kier alpha value is -0.790. The maximum Gasteiger partial charge on any atom is 0.302 e. The second kappa shape index (κ2) is 7.38. The molecule has 192 valence electrons. The Balaban J connectivity index is 1.54. The summed E-state index contributed by atoms with van der Waals surface area (Å²) in [5.74, 6) is 1.30. The minimum Gasteiger partial charge on any atom is -0.462 e. The van der Waals surface area contributed by atoms with E-state index < -0.39 is 0 Å². The van der Waals surface area contributed by atoms with Crippen LogP contribution in [0.4, 0.5) is 0 Å². The fourth-order valence-corrected chi connectivity index (χ4v) is 10.9. The van der Waals surface area contributed by atoms with Gasteiger partial charge < -0.3 is 4.74 Å². The van der Waals surface area contributed by atoms with Gasteiger partial charge in [-0.2, -0.15) is 0 Å². The number of ether oxygens (including phenoxy) is 1. The molecule has 34 heavy (non-hydrogen) atoms. The average molecular weight is 469 g/mol. The van der Waals surface area contributed by atoms with Crippen LogP contribution in [0.1, 0.15) is 133 Å². The Bertz CT molecular complexity index is 910. The largest absolute Gasteiger partial charge is 0.462 e. The number of fused-ring (bicyclic) bond motifs is 6. The second-order valence-corrected chi connectivity index (χ2v) is 15.8. The van der Waals surface area contributed by atoms with Crippen molar-refractivity contribution in [2.24, 2.45) is 44.3 Å². The molecule has 0 aromatic carbocycles.